The van der Waals surface area contributed by atoms with E-state index in [2.05, 4.69) is 24.9 Å². The van der Waals surface area contributed by atoms with Gasteiger partial charge in [0.15, 0.2) is 0 Å². The molecule has 2 aromatic heterocycles. The minimum atomic E-state index is -2.88. The summed E-state index contributed by atoms with van der Waals surface area (Å²) >= 11 is 1.36. The van der Waals surface area contributed by atoms with E-state index in [1.807, 2.05) is 13.0 Å². The number of alkyl halides is 2. The van der Waals surface area contributed by atoms with Crippen LogP contribution in [0.1, 0.15) is 48.0 Å². The number of benzene rings is 1. The molecule has 1 aliphatic heterocycles. The number of anilines is 1. The zero-order valence-corrected chi connectivity index (χ0v) is 20.2. The van der Waals surface area contributed by atoms with Crippen molar-refractivity contribution < 1.29 is 23.0 Å². The van der Waals surface area contributed by atoms with Gasteiger partial charge in [-0.05, 0) is 57.1 Å². The summed E-state index contributed by atoms with van der Waals surface area (Å²) in [5, 5.41) is 17.1. The van der Waals surface area contributed by atoms with Crippen molar-refractivity contribution in [3.05, 3.63) is 40.5 Å². The molecule has 3 heterocycles. The SMILES string of the molecule is Cc1nnc(NC(=O)CC2CCc3c(-c4cccc(OC(F)F)c4)nn(C4CCOCC4)c3C2)s1. The first-order valence-corrected chi connectivity index (χ1v) is 12.6. The van der Waals surface area contributed by atoms with Gasteiger partial charge in [0.05, 0.1) is 11.7 Å². The first kappa shape index (κ1) is 23.8. The molecule has 1 amide bonds. The third-order valence-corrected chi connectivity index (χ3v) is 7.27. The fourth-order valence-corrected chi connectivity index (χ4v) is 5.55. The summed E-state index contributed by atoms with van der Waals surface area (Å²) in [5.41, 5.74) is 3.82. The van der Waals surface area contributed by atoms with E-state index in [0.717, 1.165) is 59.6 Å². The van der Waals surface area contributed by atoms with Gasteiger partial charge in [0.25, 0.3) is 0 Å². The molecule has 11 heteroatoms. The largest absolute Gasteiger partial charge is 0.435 e. The number of carbonyl (C=O) groups excluding carboxylic acids is 1. The van der Waals surface area contributed by atoms with Crippen molar-refractivity contribution >= 4 is 22.4 Å². The molecule has 1 aromatic carbocycles. The molecule has 0 spiro atoms. The maximum Gasteiger partial charge on any atom is 0.387 e. The number of rotatable bonds is 7. The maximum absolute atomic E-state index is 12.8. The zero-order valence-electron chi connectivity index (χ0n) is 19.4. The summed E-state index contributed by atoms with van der Waals surface area (Å²) in [4.78, 5) is 12.7. The van der Waals surface area contributed by atoms with E-state index in [1.165, 1.54) is 17.4 Å². The van der Waals surface area contributed by atoms with Crippen LogP contribution in [0, 0.1) is 12.8 Å². The molecule has 3 aromatic rings. The molecule has 5 rings (SSSR count). The van der Waals surface area contributed by atoms with Crippen molar-refractivity contribution in [2.75, 3.05) is 18.5 Å². The number of ether oxygens (including phenoxy) is 2. The number of fused-ring (bicyclic) bond motifs is 1. The van der Waals surface area contributed by atoms with Crippen LogP contribution in [0.2, 0.25) is 0 Å². The van der Waals surface area contributed by atoms with Gasteiger partial charge in [0.2, 0.25) is 11.0 Å². The van der Waals surface area contributed by atoms with Gasteiger partial charge in [0, 0.05) is 36.5 Å². The Morgan fingerprint density at radius 3 is 2.86 bits per heavy atom. The van der Waals surface area contributed by atoms with Crippen LogP contribution in [-0.2, 0) is 22.4 Å². The average molecular weight is 504 g/mol. The van der Waals surface area contributed by atoms with Crippen molar-refractivity contribution in [3.63, 3.8) is 0 Å². The molecule has 1 atom stereocenters. The number of aromatic nitrogens is 4. The van der Waals surface area contributed by atoms with E-state index in [4.69, 9.17) is 9.84 Å². The summed E-state index contributed by atoms with van der Waals surface area (Å²) in [6.07, 6.45) is 4.46. The molecule has 35 heavy (non-hydrogen) atoms. The first-order chi connectivity index (χ1) is 17.0. The number of hydrogen-bond donors (Lipinski definition) is 1. The van der Waals surface area contributed by atoms with Crippen molar-refractivity contribution in [1.82, 2.24) is 20.0 Å². The minimum absolute atomic E-state index is 0.0659. The number of halogens is 2. The number of nitrogens with zero attached hydrogens (tertiary/aromatic N) is 4. The second-order valence-electron chi connectivity index (χ2n) is 8.96. The van der Waals surface area contributed by atoms with Crippen molar-refractivity contribution in [3.8, 4) is 17.0 Å². The fourth-order valence-electron chi connectivity index (χ4n) is 4.94. The second kappa shape index (κ2) is 10.4. The van der Waals surface area contributed by atoms with Gasteiger partial charge in [0.1, 0.15) is 10.8 Å². The topological polar surface area (TPSA) is 91.2 Å². The lowest BCUT2D eigenvalue weighted by molar-refractivity contribution is -0.117. The smallest absolute Gasteiger partial charge is 0.387 e. The Kier molecular flexibility index (Phi) is 7.05. The molecule has 1 aliphatic carbocycles. The van der Waals surface area contributed by atoms with Crippen molar-refractivity contribution in [1.29, 1.82) is 0 Å². The normalized spacial score (nSPS) is 18.5. The maximum atomic E-state index is 12.8. The summed E-state index contributed by atoms with van der Waals surface area (Å²) in [5.74, 6) is 0.223. The van der Waals surface area contributed by atoms with Crippen molar-refractivity contribution in [2.24, 2.45) is 5.92 Å². The van der Waals surface area contributed by atoms with E-state index in [1.54, 1.807) is 12.1 Å². The number of nitrogens with one attached hydrogen (secondary N) is 1. The van der Waals surface area contributed by atoms with E-state index in [9.17, 15) is 13.6 Å². The summed E-state index contributed by atoms with van der Waals surface area (Å²) in [7, 11) is 0. The monoisotopic (exact) mass is 503 g/mol. The molecule has 2 aliphatic rings. The summed E-state index contributed by atoms with van der Waals surface area (Å²) in [6.45, 7) is 0.328. The van der Waals surface area contributed by atoms with Crippen LogP contribution in [-0.4, -0.2) is 45.7 Å². The third-order valence-electron chi connectivity index (χ3n) is 6.52. The lowest BCUT2D eigenvalue weighted by Gasteiger charge is -2.28. The lowest BCUT2D eigenvalue weighted by atomic mass is 9.83. The molecule has 186 valence electrons. The Bertz CT molecular complexity index is 1190. The van der Waals surface area contributed by atoms with Crippen LogP contribution in [0.15, 0.2) is 24.3 Å². The highest BCUT2D eigenvalue weighted by Crippen LogP contribution is 2.38. The second-order valence-corrected chi connectivity index (χ2v) is 10.1. The van der Waals surface area contributed by atoms with E-state index >= 15 is 0 Å². The number of aryl methyl sites for hydroxylation is 1. The third kappa shape index (κ3) is 5.51. The molecule has 1 fully saturated rings. The van der Waals surface area contributed by atoms with Gasteiger partial charge < -0.3 is 14.8 Å². The quantitative estimate of drug-likeness (QED) is 0.498. The molecule has 8 nitrogen and oxygen atoms in total. The highest BCUT2D eigenvalue weighted by atomic mass is 32.1. The standard InChI is InChI=1S/C24H27F2N5O3S/c1-14-28-29-24(35-14)27-21(32)12-15-5-6-19-20(11-15)31(17-7-9-33-10-8-17)30-22(19)16-3-2-4-18(13-16)34-23(25)26/h2-4,13,15,17,23H,5-12H2,1H3,(H,27,29,32). The Hall–Kier alpha value is -2.92. The van der Waals surface area contributed by atoms with Gasteiger partial charge >= 0.3 is 6.61 Å². The predicted octanol–water partition coefficient (Wildman–Crippen LogP) is 4.80. The molecule has 1 saturated heterocycles. The fraction of sp³-hybridized carbons (Fsp3) is 0.500. The Morgan fingerprint density at radius 2 is 2.11 bits per heavy atom. The van der Waals surface area contributed by atoms with Gasteiger partial charge in [-0.15, -0.1) is 10.2 Å². The highest BCUT2D eigenvalue weighted by Gasteiger charge is 2.31. The number of hydrogen-bond acceptors (Lipinski definition) is 7. The van der Waals surface area contributed by atoms with Crippen LogP contribution in [0.3, 0.4) is 0 Å². The molecule has 0 saturated carbocycles. The molecule has 1 unspecified atom stereocenters. The van der Waals surface area contributed by atoms with Crippen LogP contribution in [0.4, 0.5) is 13.9 Å². The molecule has 0 bridgehead atoms. The molecular formula is C24H27F2N5O3S. The van der Waals surface area contributed by atoms with E-state index in [0.29, 0.717) is 24.8 Å². The Balaban J connectivity index is 1.40. The first-order valence-electron chi connectivity index (χ1n) is 11.8. The van der Waals surface area contributed by atoms with Gasteiger partial charge in [-0.1, -0.05) is 23.5 Å². The minimum Gasteiger partial charge on any atom is -0.435 e. The van der Waals surface area contributed by atoms with Crippen LogP contribution >= 0.6 is 11.3 Å². The van der Waals surface area contributed by atoms with Gasteiger partial charge in [-0.3, -0.25) is 9.48 Å². The number of amides is 1. The van der Waals surface area contributed by atoms with Crippen LogP contribution in [0.25, 0.3) is 11.3 Å². The van der Waals surface area contributed by atoms with Crippen molar-refractivity contribution in [2.45, 2.75) is 58.1 Å². The van der Waals surface area contributed by atoms with Gasteiger partial charge in [-0.25, -0.2) is 0 Å². The Labute approximate surface area is 205 Å². The summed E-state index contributed by atoms with van der Waals surface area (Å²) < 4.78 is 37.8. The lowest BCUT2D eigenvalue weighted by Crippen LogP contribution is -2.26. The molecular weight excluding hydrogens is 476 g/mol. The highest BCUT2D eigenvalue weighted by molar-refractivity contribution is 7.15. The van der Waals surface area contributed by atoms with Crippen LogP contribution in [0.5, 0.6) is 5.75 Å². The van der Waals surface area contributed by atoms with E-state index in [-0.39, 0.29) is 23.6 Å². The molecule has 0 radical (unpaired) electrons. The predicted molar refractivity (Wildman–Crippen MR) is 127 cm³/mol. The van der Waals surface area contributed by atoms with Crippen LogP contribution < -0.4 is 10.1 Å². The number of carbonyl (C=O) groups is 1. The van der Waals surface area contributed by atoms with E-state index < -0.39 is 6.61 Å². The zero-order chi connectivity index (χ0) is 24.4. The summed E-state index contributed by atoms with van der Waals surface area (Å²) in [6, 6.07) is 6.93. The molecule has 1 N–H and O–H groups in total. The van der Waals surface area contributed by atoms with Gasteiger partial charge in [-0.2, -0.15) is 13.9 Å². The Morgan fingerprint density at radius 1 is 1.29 bits per heavy atom. The average Bonchev–Trinajstić information content (AvgIpc) is 3.42.